The lowest BCUT2D eigenvalue weighted by atomic mass is 10.1. The van der Waals surface area contributed by atoms with Crippen molar-refractivity contribution in [3.63, 3.8) is 0 Å². The number of benzene rings is 2. The number of carbonyl (C=O) groups is 4. The second kappa shape index (κ2) is 10.0. The minimum absolute atomic E-state index is 0.00414. The summed E-state index contributed by atoms with van der Waals surface area (Å²) in [5, 5.41) is 2.69. The largest absolute Gasteiger partial charge is 0.497 e. The van der Waals surface area contributed by atoms with Crippen LogP contribution < -0.4 is 10.1 Å². The van der Waals surface area contributed by atoms with Crippen molar-refractivity contribution in [1.82, 2.24) is 10.2 Å². The molecule has 9 heteroatoms. The summed E-state index contributed by atoms with van der Waals surface area (Å²) in [5.41, 5.74) is 1.40. The van der Waals surface area contributed by atoms with Crippen LogP contribution in [-0.2, 0) is 22.5 Å². The Bertz CT molecular complexity index is 1220. The van der Waals surface area contributed by atoms with Gasteiger partial charge in [0, 0.05) is 6.54 Å². The molecule has 0 aliphatic carbocycles. The van der Waals surface area contributed by atoms with Crippen molar-refractivity contribution >= 4 is 23.7 Å². The van der Waals surface area contributed by atoms with Gasteiger partial charge in [-0.2, -0.15) is 0 Å². The third-order valence-corrected chi connectivity index (χ3v) is 5.33. The van der Waals surface area contributed by atoms with Crippen LogP contribution in [-0.4, -0.2) is 48.9 Å². The van der Waals surface area contributed by atoms with E-state index in [2.05, 4.69) is 5.32 Å². The van der Waals surface area contributed by atoms with Gasteiger partial charge in [-0.1, -0.05) is 12.1 Å². The average Bonchev–Trinajstić information content (AvgIpc) is 3.45. The Morgan fingerprint density at radius 1 is 1.00 bits per heavy atom. The van der Waals surface area contributed by atoms with E-state index in [1.165, 1.54) is 24.5 Å². The van der Waals surface area contributed by atoms with Gasteiger partial charge in [0.15, 0.2) is 6.61 Å². The maximum atomic E-state index is 12.7. The lowest BCUT2D eigenvalue weighted by molar-refractivity contribution is -0.124. The first kappa shape index (κ1) is 22.8. The molecule has 1 aliphatic rings. The summed E-state index contributed by atoms with van der Waals surface area (Å²) in [6, 6.07) is 14.9. The molecular weight excluding hydrogens is 440 g/mol. The van der Waals surface area contributed by atoms with Crippen molar-refractivity contribution in [2.24, 2.45) is 0 Å². The molecule has 0 spiro atoms. The molecule has 3 amide bonds. The van der Waals surface area contributed by atoms with E-state index in [1.807, 2.05) is 24.3 Å². The van der Waals surface area contributed by atoms with Crippen molar-refractivity contribution in [3.05, 3.63) is 88.9 Å². The number of nitrogens with one attached hydrogen (secondary N) is 1. The molecule has 0 atom stereocenters. The predicted octanol–water partition coefficient (Wildman–Crippen LogP) is 2.60. The summed E-state index contributed by atoms with van der Waals surface area (Å²) in [6.45, 7) is -0.0878. The van der Waals surface area contributed by atoms with Crippen LogP contribution in [0.15, 0.2) is 65.3 Å². The first-order valence-electron chi connectivity index (χ1n) is 10.6. The highest BCUT2D eigenvalue weighted by Gasteiger charge is 2.36. The molecule has 3 aromatic rings. The van der Waals surface area contributed by atoms with Gasteiger partial charge in [0.1, 0.15) is 11.5 Å². The van der Waals surface area contributed by atoms with Crippen molar-refractivity contribution in [2.45, 2.75) is 13.0 Å². The molecule has 0 saturated carbocycles. The van der Waals surface area contributed by atoms with Crippen molar-refractivity contribution < 1.29 is 33.1 Å². The Kier molecular flexibility index (Phi) is 6.72. The molecule has 0 fully saturated rings. The first-order valence-corrected chi connectivity index (χ1v) is 10.6. The molecule has 4 rings (SSSR count). The molecule has 1 aromatic heterocycles. The van der Waals surface area contributed by atoms with E-state index in [0.717, 1.165) is 16.2 Å². The Labute approximate surface area is 195 Å². The zero-order valence-corrected chi connectivity index (χ0v) is 18.4. The third-order valence-electron chi connectivity index (χ3n) is 5.33. The number of fused-ring (bicyclic) bond motifs is 1. The van der Waals surface area contributed by atoms with E-state index in [4.69, 9.17) is 13.9 Å². The predicted molar refractivity (Wildman–Crippen MR) is 119 cm³/mol. The maximum absolute atomic E-state index is 12.7. The smallest absolute Gasteiger partial charge is 0.338 e. The standard InChI is InChI=1S/C25H22N2O7/c1-32-18-7-4-16(5-8-18)10-11-26-22(28)15-34-25(31)17-6-9-20-21(13-17)24(30)27(23(20)29)14-19-3-2-12-33-19/h2-9,12-13H,10-11,14-15H2,1H3,(H,26,28). The molecule has 0 unspecified atom stereocenters. The van der Waals surface area contributed by atoms with Crippen LogP contribution in [0.3, 0.4) is 0 Å². The summed E-state index contributed by atoms with van der Waals surface area (Å²) < 4.78 is 15.4. The van der Waals surface area contributed by atoms with Crippen LogP contribution in [0.5, 0.6) is 5.75 Å². The van der Waals surface area contributed by atoms with Crippen LogP contribution in [0.1, 0.15) is 42.4 Å². The number of esters is 1. The Hall–Kier alpha value is -4.40. The molecule has 1 N–H and O–H groups in total. The molecule has 9 nitrogen and oxygen atoms in total. The number of rotatable bonds is 9. The van der Waals surface area contributed by atoms with E-state index in [0.29, 0.717) is 18.7 Å². The lowest BCUT2D eigenvalue weighted by Gasteiger charge is -2.11. The van der Waals surface area contributed by atoms with Crippen molar-refractivity contribution in [2.75, 3.05) is 20.3 Å². The van der Waals surface area contributed by atoms with Gasteiger partial charge in [0.05, 0.1) is 36.6 Å². The molecule has 0 radical (unpaired) electrons. The number of carbonyl (C=O) groups excluding carboxylic acids is 4. The second-order valence-electron chi connectivity index (χ2n) is 7.56. The number of hydrogen-bond donors (Lipinski definition) is 1. The number of hydrogen-bond acceptors (Lipinski definition) is 7. The van der Waals surface area contributed by atoms with Gasteiger partial charge in [0.2, 0.25) is 0 Å². The van der Waals surface area contributed by atoms with Gasteiger partial charge in [-0.15, -0.1) is 0 Å². The highest BCUT2D eigenvalue weighted by molar-refractivity contribution is 6.21. The minimum Gasteiger partial charge on any atom is -0.497 e. The number of amides is 3. The fourth-order valence-electron chi connectivity index (χ4n) is 3.52. The van der Waals surface area contributed by atoms with Crippen LogP contribution in [0.2, 0.25) is 0 Å². The Balaban J connectivity index is 1.28. The topological polar surface area (TPSA) is 115 Å². The number of imide groups is 1. The minimum atomic E-state index is -0.766. The summed E-state index contributed by atoms with van der Waals surface area (Å²) in [7, 11) is 1.59. The third kappa shape index (κ3) is 4.98. The fraction of sp³-hybridized carbons (Fsp3) is 0.200. The number of nitrogens with zero attached hydrogens (tertiary/aromatic N) is 1. The summed E-state index contributed by atoms with van der Waals surface area (Å²) in [5.74, 6) is -0.985. The van der Waals surface area contributed by atoms with Crippen LogP contribution in [0.4, 0.5) is 0 Å². The van der Waals surface area contributed by atoms with Crippen molar-refractivity contribution in [3.8, 4) is 5.75 Å². The van der Waals surface area contributed by atoms with Gasteiger partial charge in [-0.25, -0.2) is 4.79 Å². The quantitative estimate of drug-likeness (QED) is 0.384. The fourth-order valence-corrected chi connectivity index (χ4v) is 3.52. The van der Waals surface area contributed by atoms with Crippen LogP contribution in [0, 0.1) is 0 Å². The van der Waals surface area contributed by atoms with E-state index in [-0.39, 0.29) is 23.2 Å². The zero-order valence-electron chi connectivity index (χ0n) is 18.4. The zero-order chi connectivity index (χ0) is 24.1. The molecule has 1 aliphatic heterocycles. The molecule has 2 heterocycles. The van der Waals surface area contributed by atoms with Gasteiger partial charge in [0.25, 0.3) is 17.7 Å². The molecule has 2 aromatic carbocycles. The van der Waals surface area contributed by atoms with Gasteiger partial charge >= 0.3 is 5.97 Å². The molecule has 34 heavy (non-hydrogen) atoms. The van der Waals surface area contributed by atoms with Crippen molar-refractivity contribution in [1.29, 1.82) is 0 Å². The molecule has 174 valence electrons. The van der Waals surface area contributed by atoms with E-state index in [9.17, 15) is 19.2 Å². The Morgan fingerprint density at radius 2 is 1.76 bits per heavy atom. The molecule has 0 bridgehead atoms. The first-order chi connectivity index (χ1) is 16.5. The van der Waals surface area contributed by atoms with Gasteiger partial charge in [-0.3, -0.25) is 19.3 Å². The highest BCUT2D eigenvalue weighted by Crippen LogP contribution is 2.26. The van der Waals surface area contributed by atoms with Gasteiger partial charge < -0.3 is 19.2 Å². The number of ether oxygens (including phenoxy) is 2. The number of methoxy groups -OCH3 is 1. The maximum Gasteiger partial charge on any atom is 0.338 e. The van der Waals surface area contributed by atoms with Crippen LogP contribution >= 0.6 is 0 Å². The van der Waals surface area contributed by atoms with E-state index < -0.39 is 30.3 Å². The monoisotopic (exact) mass is 462 g/mol. The van der Waals surface area contributed by atoms with Gasteiger partial charge in [-0.05, 0) is 54.4 Å². The summed E-state index contributed by atoms with van der Waals surface area (Å²) >= 11 is 0. The van der Waals surface area contributed by atoms with Crippen LogP contribution in [0.25, 0.3) is 0 Å². The Morgan fingerprint density at radius 3 is 2.47 bits per heavy atom. The lowest BCUT2D eigenvalue weighted by Crippen LogP contribution is -2.30. The van der Waals surface area contributed by atoms with E-state index >= 15 is 0 Å². The SMILES string of the molecule is COc1ccc(CCNC(=O)COC(=O)c2ccc3c(c2)C(=O)N(Cc2ccco2)C3=O)cc1. The summed E-state index contributed by atoms with van der Waals surface area (Å²) in [4.78, 5) is 50.7. The number of furan rings is 1. The van der Waals surface area contributed by atoms with E-state index in [1.54, 1.807) is 19.2 Å². The normalized spacial score (nSPS) is 12.4. The molecule has 0 saturated heterocycles. The molecular formula is C25H22N2O7. The highest BCUT2D eigenvalue weighted by atomic mass is 16.5. The second-order valence-corrected chi connectivity index (χ2v) is 7.56. The summed E-state index contributed by atoms with van der Waals surface area (Å²) in [6.07, 6.45) is 2.07. The average molecular weight is 462 g/mol.